The normalized spacial score (nSPS) is 27.3. The first-order valence-electron chi connectivity index (χ1n) is 8.80. The van der Waals surface area contributed by atoms with Crippen LogP contribution in [0.5, 0.6) is 0 Å². The Labute approximate surface area is 147 Å². The molecule has 0 radical (unpaired) electrons. The molecule has 2 fully saturated rings. The molecule has 4 rings (SSSR count). The van der Waals surface area contributed by atoms with E-state index < -0.39 is 10.0 Å². The van der Waals surface area contributed by atoms with Crippen LogP contribution < -0.4 is 0 Å². The Morgan fingerprint density at radius 1 is 1.08 bits per heavy atom. The summed E-state index contributed by atoms with van der Waals surface area (Å²) in [7, 11) is -1.72. The zero-order chi connectivity index (χ0) is 17.8. The Balaban J connectivity index is 1.63. The van der Waals surface area contributed by atoms with Gasteiger partial charge in [0.1, 0.15) is 5.82 Å². The second-order valence-corrected chi connectivity index (χ2v) is 9.19. The summed E-state index contributed by atoms with van der Waals surface area (Å²) in [6.07, 6.45) is 8.30. The van der Waals surface area contributed by atoms with E-state index in [0.717, 1.165) is 31.5 Å². The lowest BCUT2D eigenvalue weighted by atomic mass is 10.0. The molecule has 2 unspecified atom stereocenters. The molecule has 2 bridgehead atoms. The highest BCUT2D eigenvalue weighted by atomic mass is 32.2. The molecule has 0 N–H and O–H groups in total. The third-order valence-corrected chi connectivity index (χ3v) is 7.23. The summed E-state index contributed by atoms with van der Waals surface area (Å²) in [6, 6.07) is 0.183. The summed E-state index contributed by atoms with van der Waals surface area (Å²) < 4.78 is 30.0. The largest absolute Gasteiger partial charge is 0.336 e. The van der Waals surface area contributed by atoms with Gasteiger partial charge in [0.05, 0.1) is 18.4 Å². The highest BCUT2D eigenvalue weighted by molar-refractivity contribution is 7.89. The van der Waals surface area contributed by atoms with Crippen LogP contribution in [0.4, 0.5) is 0 Å². The zero-order valence-corrected chi connectivity index (χ0v) is 15.6. The lowest BCUT2D eigenvalue weighted by Gasteiger charge is -2.36. The molecule has 25 heavy (non-hydrogen) atoms. The van der Waals surface area contributed by atoms with Gasteiger partial charge >= 0.3 is 0 Å². The van der Waals surface area contributed by atoms with Crippen LogP contribution >= 0.6 is 0 Å². The average molecular weight is 364 g/mol. The smallest absolute Gasteiger partial charge is 0.262 e. The first kappa shape index (κ1) is 16.7. The van der Waals surface area contributed by atoms with E-state index in [-0.39, 0.29) is 29.1 Å². The van der Waals surface area contributed by atoms with Gasteiger partial charge in [-0.05, 0) is 25.7 Å². The van der Waals surface area contributed by atoms with Crippen molar-refractivity contribution >= 4 is 10.0 Å². The number of nitrogens with zero attached hydrogens (tertiary/aromatic N) is 6. The van der Waals surface area contributed by atoms with Gasteiger partial charge < -0.3 is 4.57 Å². The number of aryl methyl sites for hydroxylation is 1. The summed E-state index contributed by atoms with van der Waals surface area (Å²) in [5.41, 5.74) is 0. The van der Waals surface area contributed by atoms with Crippen LogP contribution in [0, 0.1) is 0 Å². The van der Waals surface area contributed by atoms with Gasteiger partial charge in [0.2, 0.25) is 0 Å². The van der Waals surface area contributed by atoms with E-state index in [9.17, 15) is 8.42 Å². The predicted octanol–water partition coefficient (Wildman–Crippen LogP) is 1.69. The Bertz CT molecular complexity index is 843. The lowest BCUT2D eigenvalue weighted by molar-refractivity contribution is 0.174. The minimum Gasteiger partial charge on any atom is -0.336 e. The van der Waals surface area contributed by atoms with Crippen LogP contribution in [0.1, 0.15) is 57.3 Å². The summed E-state index contributed by atoms with van der Waals surface area (Å²) in [5, 5.41) is 8.65. The van der Waals surface area contributed by atoms with Crippen LogP contribution in [0.3, 0.4) is 0 Å². The molecule has 9 heteroatoms. The van der Waals surface area contributed by atoms with E-state index in [1.165, 1.54) is 0 Å². The van der Waals surface area contributed by atoms with Crippen LogP contribution in [-0.2, 0) is 17.1 Å². The molecule has 0 spiro atoms. The van der Waals surface area contributed by atoms with Crippen molar-refractivity contribution in [2.45, 2.75) is 68.6 Å². The lowest BCUT2D eigenvalue weighted by Crippen LogP contribution is -2.47. The molecule has 0 amide bonds. The highest BCUT2D eigenvalue weighted by Crippen LogP contribution is 2.43. The van der Waals surface area contributed by atoms with Gasteiger partial charge in [0, 0.05) is 31.2 Å². The molecule has 2 atom stereocenters. The number of piperidine rings is 1. The molecule has 0 aliphatic carbocycles. The molecule has 0 saturated carbocycles. The van der Waals surface area contributed by atoms with Gasteiger partial charge in [-0.1, -0.05) is 13.8 Å². The maximum Gasteiger partial charge on any atom is 0.262 e. The SMILES string of the molecule is CC(C)c1nc(S(=O)(=O)N2C3CCC2CC(n2nccn2)C3)cn1C. The predicted molar refractivity (Wildman–Crippen MR) is 91.4 cm³/mol. The first-order chi connectivity index (χ1) is 11.9. The maximum absolute atomic E-state index is 13.2. The van der Waals surface area contributed by atoms with Crippen molar-refractivity contribution in [2.75, 3.05) is 0 Å². The number of fused-ring (bicyclic) bond motifs is 2. The van der Waals surface area contributed by atoms with E-state index in [2.05, 4.69) is 15.2 Å². The second-order valence-electron chi connectivity index (χ2n) is 7.40. The van der Waals surface area contributed by atoms with Crippen molar-refractivity contribution in [2.24, 2.45) is 7.05 Å². The van der Waals surface area contributed by atoms with E-state index in [4.69, 9.17) is 0 Å². The maximum atomic E-state index is 13.2. The fourth-order valence-corrected chi connectivity index (χ4v) is 6.21. The summed E-state index contributed by atoms with van der Waals surface area (Å²) >= 11 is 0. The Morgan fingerprint density at radius 3 is 2.20 bits per heavy atom. The van der Waals surface area contributed by atoms with Gasteiger partial charge in [0.25, 0.3) is 10.0 Å². The van der Waals surface area contributed by atoms with Crippen LogP contribution in [0.15, 0.2) is 23.6 Å². The van der Waals surface area contributed by atoms with E-state index >= 15 is 0 Å². The third-order valence-electron chi connectivity index (χ3n) is 5.35. The summed E-state index contributed by atoms with van der Waals surface area (Å²) in [6.45, 7) is 4.04. The number of hydrogen-bond acceptors (Lipinski definition) is 5. The van der Waals surface area contributed by atoms with Gasteiger partial charge in [-0.3, -0.25) is 0 Å². The Kier molecular flexibility index (Phi) is 3.95. The zero-order valence-electron chi connectivity index (χ0n) is 14.8. The first-order valence-corrected chi connectivity index (χ1v) is 10.2. The minimum absolute atomic E-state index is 0.00394. The van der Waals surface area contributed by atoms with Crippen molar-refractivity contribution in [3.05, 3.63) is 24.4 Å². The molecule has 4 heterocycles. The monoisotopic (exact) mass is 364 g/mol. The van der Waals surface area contributed by atoms with Gasteiger partial charge in [0.15, 0.2) is 5.03 Å². The molecule has 2 aliphatic rings. The van der Waals surface area contributed by atoms with Crippen molar-refractivity contribution in [1.82, 2.24) is 28.9 Å². The molecule has 2 aliphatic heterocycles. The molecule has 0 aromatic carbocycles. The molecule has 136 valence electrons. The van der Waals surface area contributed by atoms with Crippen LogP contribution in [0.25, 0.3) is 0 Å². The standard InChI is InChI=1S/C16H24N6O2S/c1-11(2)16-19-15(10-20(16)3)25(23,24)21-12-4-5-13(21)9-14(8-12)22-17-6-7-18-22/h6-7,10-14H,4-5,8-9H2,1-3H3. The minimum atomic E-state index is -3.57. The number of aromatic nitrogens is 5. The van der Waals surface area contributed by atoms with Crippen molar-refractivity contribution in [3.63, 3.8) is 0 Å². The summed E-state index contributed by atoms with van der Waals surface area (Å²) in [4.78, 5) is 6.15. The Hall–Kier alpha value is -1.74. The average Bonchev–Trinajstić information content (AvgIpc) is 3.26. The fraction of sp³-hybridized carbons (Fsp3) is 0.688. The molecule has 2 aromatic rings. The van der Waals surface area contributed by atoms with Crippen molar-refractivity contribution < 1.29 is 8.42 Å². The van der Waals surface area contributed by atoms with Crippen molar-refractivity contribution in [3.8, 4) is 0 Å². The number of hydrogen-bond donors (Lipinski definition) is 0. The van der Waals surface area contributed by atoms with Gasteiger partial charge in [-0.25, -0.2) is 13.4 Å². The molecule has 8 nitrogen and oxygen atoms in total. The summed E-state index contributed by atoms with van der Waals surface area (Å²) in [5.74, 6) is 0.976. The van der Waals surface area contributed by atoms with E-state index in [1.807, 2.05) is 25.5 Å². The molecule has 2 saturated heterocycles. The van der Waals surface area contributed by atoms with Crippen LogP contribution in [-0.4, -0.2) is 49.4 Å². The molecular weight excluding hydrogens is 340 g/mol. The topological polar surface area (TPSA) is 85.9 Å². The quantitative estimate of drug-likeness (QED) is 0.824. The van der Waals surface area contributed by atoms with Gasteiger partial charge in [-0.2, -0.15) is 19.3 Å². The third kappa shape index (κ3) is 2.69. The second kappa shape index (κ2) is 5.91. The Morgan fingerprint density at radius 2 is 1.68 bits per heavy atom. The molecular formula is C16H24N6O2S. The fourth-order valence-electron chi connectivity index (χ4n) is 4.32. The number of rotatable bonds is 4. The number of imidazole rings is 1. The van der Waals surface area contributed by atoms with Crippen molar-refractivity contribution in [1.29, 1.82) is 0 Å². The molecule has 2 aromatic heterocycles. The van der Waals surface area contributed by atoms with E-state index in [0.29, 0.717) is 0 Å². The van der Waals surface area contributed by atoms with Crippen LogP contribution in [0.2, 0.25) is 0 Å². The highest BCUT2D eigenvalue weighted by Gasteiger charge is 2.48. The van der Waals surface area contributed by atoms with Gasteiger partial charge in [-0.15, -0.1) is 0 Å². The van der Waals surface area contributed by atoms with E-state index in [1.54, 1.807) is 27.7 Å². The number of sulfonamides is 1.